The first-order valence-corrected chi connectivity index (χ1v) is 6.43. The summed E-state index contributed by atoms with van der Waals surface area (Å²) in [5, 5.41) is 42.8. The molecule has 0 aromatic heterocycles. The number of nitro groups is 1. The number of phenolic OH excluding ortho intramolecular Hbond substituents is 2. The summed E-state index contributed by atoms with van der Waals surface area (Å²) >= 11 is 0. The molecule has 0 amide bonds. The molecule has 2 aromatic carbocycles. The molecule has 8 nitrogen and oxygen atoms in total. The van der Waals surface area contributed by atoms with Crippen LogP contribution in [0, 0.1) is 21.4 Å². The number of nitrogens with one attached hydrogen (secondary N) is 1. The molecule has 116 valence electrons. The summed E-state index contributed by atoms with van der Waals surface area (Å²) < 4.78 is 0. The highest BCUT2D eigenvalue weighted by atomic mass is 16.6. The number of phenols is 2. The second kappa shape index (κ2) is 6.44. The van der Waals surface area contributed by atoms with Crippen molar-refractivity contribution >= 4 is 17.1 Å². The molecular formula is C15H12N4O4. The minimum atomic E-state index is -0.619. The molecule has 2 aromatic rings. The van der Waals surface area contributed by atoms with Crippen molar-refractivity contribution in [3.63, 3.8) is 0 Å². The highest BCUT2D eigenvalue weighted by Gasteiger charge is 2.14. The van der Waals surface area contributed by atoms with Crippen molar-refractivity contribution in [3.8, 4) is 17.6 Å². The molecule has 0 saturated carbocycles. The van der Waals surface area contributed by atoms with Crippen molar-refractivity contribution in [1.29, 1.82) is 5.26 Å². The number of nitrogens with zero attached hydrogens (tertiary/aromatic N) is 3. The Hall–Kier alpha value is -3.60. The molecule has 2 rings (SSSR count). The SMILES string of the molecule is C/C(=N/Nc1ccc(C#N)cc1[N+](=O)[O-])c1ccc(O)cc1O. The van der Waals surface area contributed by atoms with E-state index >= 15 is 0 Å². The van der Waals surface area contributed by atoms with Crippen LogP contribution in [0.3, 0.4) is 0 Å². The van der Waals surface area contributed by atoms with Gasteiger partial charge in [-0.05, 0) is 31.2 Å². The topological polar surface area (TPSA) is 132 Å². The lowest BCUT2D eigenvalue weighted by atomic mass is 10.1. The van der Waals surface area contributed by atoms with Gasteiger partial charge < -0.3 is 10.2 Å². The third-order valence-corrected chi connectivity index (χ3v) is 3.04. The van der Waals surface area contributed by atoms with E-state index in [1.54, 1.807) is 6.92 Å². The second-order valence-electron chi connectivity index (χ2n) is 4.61. The van der Waals surface area contributed by atoms with Gasteiger partial charge in [-0.25, -0.2) is 0 Å². The average molecular weight is 312 g/mol. The maximum Gasteiger partial charge on any atom is 0.295 e. The second-order valence-corrected chi connectivity index (χ2v) is 4.61. The number of hydrazone groups is 1. The van der Waals surface area contributed by atoms with Crippen molar-refractivity contribution in [3.05, 3.63) is 57.6 Å². The van der Waals surface area contributed by atoms with Crippen LogP contribution in [0.25, 0.3) is 0 Å². The van der Waals surface area contributed by atoms with Gasteiger partial charge in [-0.1, -0.05) is 0 Å². The van der Waals surface area contributed by atoms with Gasteiger partial charge in [0.2, 0.25) is 0 Å². The monoisotopic (exact) mass is 312 g/mol. The zero-order chi connectivity index (χ0) is 17.0. The molecule has 0 spiro atoms. The maximum absolute atomic E-state index is 11.0. The summed E-state index contributed by atoms with van der Waals surface area (Å²) in [6, 6.07) is 9.80. The van der Waals surface area contributed by atoms with Crippen LogP contribution < -0.4 is 5.43 Å². The van der Waals surface area contributed by atoms with E-state index in [0.29, 0.717) is 11.3 Å². The number of benzene rings is 2. The quantitative estimate of drug-likeness (QED) is 0.452. The summed E-state index contributed by atoms with van der Waals surface area (Å²) in [7, 11) is 0. The Morgan fingerprint density at radius 1 is 1.30 bits per heavy atom. The molecule has 0 aliphatic carbocycles. The molecule has 0 fully saturated rings. The summed E-state index contributed by atoms with van der Waals surface area (Å²) in [5.74, 6) is -0.253. The smallest absolute Gasteiger partial charge is 0.295 e. The minimum absolute atomic E-state index is 0.0882. The molecule has 0 heterocycles. The number of nitriles is 1. The molecule has 23 heavy (non-hydrogen) atoms. The van der Waals surface area contributed by atoms with Gasteiger partial charge in [0.25, 0.3) is 5.69 Å². The Labute approximate surface area is 131 Å². The Morgan fingerprint density at radius 3 is 2.65 bits per heavy atom. The van der Waals surface area contributed by atoms with E-state index in [1.165, 1.54) is 30.3 Å². The Balaban J connectivity index is 2.32. The number of aromatic hydroxyl groups is 2. The van der Waals surface area contributed by atoms with E-state index in [9.17, 15) is 20.3 Å². The van der Waals surface area contributed by atoms with Gasteiger partial charge in [-0.3, -0.25) is 15.5 Å². The van der Waals surface area contributed by atoms with Gasteiger partial charge in [0.1, 0.15) is 17.2 Å². The van der Waals surface area contributed by atoms with E-state index in [4.69, 9.17) is 5.26 Å². The van der Waals surface area contributed by atoms with Gasteiger partial charge in [0.05, 0.1) is 22.3 Å². The molecule has 0 atom stereocenters. The highest BCUT2D eigenvalue weighted by molar-refractivity contribution is 6.01. The van der Waals surface area contributed by atoms with Gasteiger partial charge in [0.15, 0.2) is 0 Å². The molecule has 8 heteroatoms. The molecule has 0 aliphatic heterocycles. The molecule has 0 unspecified atom stereocenters. The van der Waals surface area contributed by atoms with Crippen LogP contribution in [0.1, 0.15) is 18.1 Å². The van der Waals surface area contributed by atoms with Crippen molar-refractivity contribution in [2.45, 2.75) is 6.92 Å². The van der Waals surface area contributed by atoms with Gasteiger partial charge >= 0.3 is 0 Å². The third kappa shape index (κ3) is 3.54. The number of hydrogen-bond acceptors (Lipinski definition) is 7. The first-order chi connectivity index (χ1) is 10.9. The highest BCUT2D eigenvalue weighted by Crippen LogP contribution is 2.26. The zero-order valence-electron chi connectivity index (χ0n) is 12.0. The largest absolute Gasteiger partial charge is 0.508 e. The number of nitro benzene ring substituents is 1. The van der Waals surface area contributed by atoms with Crippen LogP contribution in [0.5, 0.6) is 11.5 Å². The summed E-state index contributed by atoms with van der Waals surface area (Å²) in [5.41, 5.74) is 3.28. The lowest BCUT2D eigenvalue weighted by molar-refractivity contribution is -0.384. The number of anilines is 1. The Kier molecular flexibility index (Phi) is 4.42. The fourth-order valence-corrected chi connectivity index (χ4v) is 1.88. The van der Waals surface area contributed by atoms with Crippen LogP contribution in [-0.2, 0) is 0 Å². The molecule has 3 N–H and O–H groups in total. The average Bonchev–Trinajstić information content (AvgIpc) is 2.52. The predicted octanol–water partition coefficient (Wildman–Crippen LogP) is 2.71. The summed E-state index contributed by atoms with van der Waals surface area (Å²) in [4.78, 5) is 10.4. The molecule has 0 aliphatic rings. The Morgan fingerprint density at radius 2 is 2.04 bits per heavy atom. The first kappa shape index (κ1) is 15.8. The van der Waals surface area contributed by atoms with Crippen LogP contribution in [0.4, 0.5) is 11.4 Å². The number of rotatable bonds is 4. The van der Waals surface area contributed by atoms with Crippen LogP contribution >= 0.6 is 0 Å². The van der Waals surface area contributed by atoms with Gasteiger partial charge in [-0.2, -0.15) is 10.4 Å². The van der Waals surface area contributed by atoms with Gasteiger partial charge in [-0.15, -0.1) is 0 Å². The van der Waals surface area contributed by atoms with Gasteiger partial charge in [0, 0.05) is 17.7 Å². The van der Waals surface area contributed by atoms with Crippen molar-refractivity contribution in [1.82, 2.24) is 0 Å². The molecule has 0 saturated heterocycles. The normalized spacial score (nSPS) is 10.9. The summed E-state index contributed by atoms with van der Waals surface area (Å²) in [6.07, 6.45) is 0. The molecular weight excluding hydrogens is 300 g/mol. The van der Waals surface area contributed by atoms with E-state index < -0.39 is 4.92 Å². The van der Waals surface area contributed by atoms with E-state index in [2.05, 4.69) is 10.5 Å². The first-order valence-electron chi connectivity index (χ1n) is 6.43. The molecule has 0 bridgehead atoms. The third-order valence-electron chi connectivity index (χ3n) is 3.04. The zero-order valence-corrected chi connectivity index (χ0v) is 12.0. The van der Waals surface area contributed by atoms with E-state index in [-0.39, 0.29) is 28.4 Å². The van der Waals surface area contributed by atoms with Crippen LogP contribution in [-0.4, -0.2) is 20.8 Å². The fourth-order valence-electron chi connectivity index (χ4n) is 1.88. The van der Waals surface area contributed by atoms with Crippen molar-refractivity contribution in [2.24, 2.45) is 5.10 Å². The maximum atomic E-state index is 11.0. The lowest BCUT2D eigenvalue weighted by Crippen LogP contribution is -2.02. The van der Waals surface area contributed by atoms with Crippen molar-refractivity contribution in [2.75, 3.05) is 5.43 Å². The van der Waals surface area contributed by atoms with E-state index in [0.717, 1.165) is 6.07 Å². The number of hydrogen-bond donors (Lipinski definition) is 3. The summed E-state index contributed by atoms with van der Waals surface area (Å²) in [6.45, 7) is 1.59. The standard InChI is InChI=1S/C15H12N4O4/c1-9(12-4-3-11(20)7-15(12)21)17-18-13-5-2-10(8-16)6-14(13)19(22)23/h2-7,18,20-21H,1H3/b17-9-. The predicted molar refractivity (Wildman–Crippen MR) is 83.4 cm³/mol. The Bertz CT molecular complexity index is 840. The van der Waals surface area contributed by atoms with Crippen molar-refractivity contribution < 1.29 is 15.1 Å². The van der Waals surface area contributed by atoms with Crippen LogP contribution in [0.15, 0.2) is 41.5 Å². The minimum Gasteiger partial charge on any atom is -0.508 e. The van der Waals surface area contributed by atoms with E-state index in [1.807, 2.05) is 6.07 Å². The van der Waals surface area contributed by atoms with Crippen LogP contribution in [0.2, 0.25) is 0 Å². The molecule has 0 radical (unpaired) electrons. The fraction of sp³-hybridized carbons (Fsp3) is 0.0667. The lowest BCUT2D eigenvalue weighted by Gasteiger charge is -2.06.